The Labute approximate surface area is 104 Å². The lowest BCUT2D eigenvalue weighted by molar-refractivity contribution is 0.103. The van der Waals surface area contributed by atoms with Crippen LogP contribution in [0.25, 0.3) is 0 Å². The van der Waals surface area contributed by atoms with Crippen LogP contribution in [0.4, 0.5) is 0 Å². The lowest BCUT2D eigenvalue weighted by Gasteiger charge is -2.08. The molecule has 0 saturated heterocycles. The van der Waals surface area contributed by atoms with Gasteiger partial charge in [0.25, 0.3) is 0 Å². The van der Waals surface area contributed by atoms with E-state index in [1.807, 2.05) is 0 Å². The highest BCUT2D eigenvalue weighted by Crippen LogP contribution is 2.32. The molecule has 0 heterocycles. The minimum absolute atomic E-state index is 0.0480. The second-order valence-corrected chi connectivity index (χ2v) is 3.95. The van der Waals surface area contributed by atoms with Crippen molar-refractivity contribution in [2.45, 2.75) is 6.92 Å². The lowest BCUT2D eigenvalue weighted by Crippen LogP contribution is -2.02. The maximum Gasteiger partial charge on any atom is 0.200 e. The molecule has 0 saturated carbocycles. The maximum absolute atomic E-state index is 12.1. The zero-order valence-corrected chi connectivity index (χ0v) is 9.71. The molecule has 0 fully saturated rings. The summed E-state index contributed by atoms with van der Waals surface area (Å²) in [6, 6.07) is 8.76. The number of benzene rings is 2. The Morgan fingerprint density at radius 1 is 0.889 bits per heavy atom. The van der Waals surface area contributed by atoms with Gasteiger partial charge in [0.05, 0.1) is 11.1 Å². The molecule has 4 nitrogen and oxygen atoms in total. The van der Waals surface area contributed by atoms with Crippen LogP contribution in [0, 0.1) is 6.92 Å². The Hall–Kier alpha value is -2.49. The fourth-order valence-corrected chi connectivity index (χ4v) is 1.68. The first-order chi connectivity index (χ1) is 8.52. The summed E-state index contributed by atoms with van der Waals surface area (Å²) in [6.07, 6.45) is 0. The smallest absolute Gasteiger partial charge is 0.200 e. The van der Waals surface area contributed by atoms with Crippen LogP contribution < -0.4 is 0 Å². The standard InChI is InChI=1S/C14H12O4/c1-8-11(15)7-6-10(13(8)17)14(18)9-4-2-3-5-12(9)16/h2-7,15-17H,1H3. The number of hydrogen-bond acceptors (Lipinski definition) is 4. The summed E-state index contributed by atoms with van der Waals surface area (Å²) >= 11 is 0. The van der Waals surface area contributed by atoms with E-state index in [-0.39, 0.29) is 33.9 Å². The van der Waals surface area contributed by atoms with E-state index in [4.69, 9.17) is 0 Å². The van der Waals surface area contributed by atoms with E-state index in [0.29, 0.717) is 0 Å². The van der Waals surface area contributed by atoms with E-state index in [9.17, 15) is 20.1 Å². The topological polar surface area (TPSA) is 77.8 Å². The molecule has 4 heteroatoms. The molecule has 0 amide bonds. The third-order valence-electron chi connectivity index (χ3n) is 2.80. The number of para-hydroxylation sites is 1. The van der Waals surface area contributed by atoms with Crippen molar-refractivity contribution in [3.8, 4) is 17.2 Å². The zero-order chi connectivity index (χ0) is 13.3. The van der Waals surface area contributed by atoms with Crippen molar-refractivity contribution < 1.29 is 20.1 Å². The highest BCUT2D eigenvalue weighted by atomic mass is 16.3. The van der Waals surface area contributed by atoms with Gasteiger partial charge in [-0.25, -0.2) is 0 Å². The highest BCUT2D eigenvalue weighted by molar-refractivity contribution is 6.12. The van der Waals surface area contributed by atoms with Crippen LogP contribution >= 0.6 is 0 Å². The van der Waals surface area contributed by atoms with Crippen LogP contribution in [0.1, 0.15) is 21.5 Å². The van der Waals surface area contributed by atoms with Crippen molar-refractivity contribution in [3.05, 3.63) is 53.1 Å². The summed E-state index contributed by atoms with van der Waals surface area (Å²) in [7, 11) is 0. The molecule has 2 rings (SSSR count). The Bertz CT molecular complexity index is 617. The summed E-state index contributed by atoms with van der Waals surface area (Å²) in [6.45, 7) is 1.51. The first-order valence-electron chi connectivity index (χ1n) is 5.36. The molecular formula is C14H12O4. The molecule has 0 spiro atoms. The molecule has 2 aromatic rings. The third-order valence-corrected chi connectivity index (χ3v) is 2.80. The SMILES string of the molecule is Cc1c(O)ccc(C(=O)c2ccccc2O)c1O. The molecule has 2 aromatic carbocycles. The molecule has 0 atom stereocenters. The minimum Gasteiger partial charge on any atom is -0.508 e. The van der Waals surface area contributed by atoms with E-state index in [1.54, 1.807) is 12.1 Å². The highest BCUT2D eigenvalue weighted by Gasteiger charge is 2.18. The minimum atomic E-state index is -0.492. The number of rotatable bonds is 2. The third kappa shape index (κ3) is 1.88. The number of phenolic OH excluding ortho intramolecular Hbond substituents is 3. The fraction of sp³-hybridized carbons (Fsp3) is 0.0714. The predicted molar refractivity (Wildman–Crippen MR) is 66.0 cm³/mol. The molecule has 92 valence electrons. The second kappa shape index (κ2) is 4.41. The monoisotopic (exact) mass is 244 g/mol. The van der Waals surface area contributed by atoms with E-state index in [2.05, 4.69) is 0 Å². The summed E-state index contributed by atoms with van der Waals surface area (Å²) < 4.78 is 0. The fourth-order valence-electron chi connectivity index (χ4n) is 1.68. The van der Waals surface area contributed by atoms with Crippen molar-refractivity contribution in [2.24, 2.45) is 0 Å². The van der Waals surface area contributed by atoms with Crippen molar-refractivity contribution in [2.75, 3.05) is 0 Å². The molecule has 0 aliphatic heterocycles. The summed E-state index contributed by atoms with van der Waals surface area (Å²) in [5, 5.41) is 28.9. The average molecular weight is 244 g/mol. The molecule has 0 aliphatic carbocycles. The molecule has 0 aliphatic rings. The van der Waals surface area contributed by atoms with Crippen LogP contribution in [0.15, 0.2) is 36.4 Å². The predicted octanol–water partition coefficient (Wildman–Crippen LogP) is 2.34. The second-order valence-electron chi connectivity index (χ2n) is 3.95. The van der Waals surface area contributed by atoms with Gasteiger partial charge in [0.2, 0.25) is 0 Å². The summed E-state index contributed by atoms with van der Waals surface area (Å²) in [4.78, 5) is 12.1. The van der Waals surface area contributed by atoms with Crippen molar-refractivity contribution in [3.63, 3.8) is 0 Å². The van der Waals surface area contributed by atoms with Crippen LogP contribution in [0.5, 0.6) is 17.2 Å². The Kier molecular flexibility index (Phi) is 2.93. The molecular weight excluding hydrogens is 232 g/mol. The van der Waals surface area contributed by atoms with E-state index in [0.717, 1.165) is 0 Å². The Balaban J connectivity index is 2.54. The number of ketones is 1. The molecule has 18 heavy (non-hydrogen) atoms. The van der Waals surface area contributed by atoms with Gasteiger partial charge in [0.1, 0.15) is 17.2 Å². The number of hydrogen-bond donors (Lipinski definition) is 3. The van der Waals surface area contributed by atoms with Crippen molar-refractivity contribution in [1.82, 2.24) is 0 Å². The van der Waals surface area contributed by atoms with Crippen molar-refractivity contribution >= 4 is 5.78 Å². The molecule has 3 N–H and O–H groups in total. The number of carbonyl (C=O) groups is 1. The van der Waals surface area contributed by atoms with Gasteiger partial charge in [-0.05, 0) is 31.2 Å². The molecule has 0 radical (unpaired) electrons. The zero-order valence-electron chi connectivity index (χ0n) is 9.71. The lowest BCUT2D eigenvalue weighted by atomic mass is 9.99. The number of carbonyl (C=O) groups excluding carboxylic acids is 1. The summed E-state index contributed by atoms with van der Waals surface area (Å²) in [5.74, 6) is -0.995. The number of phenols is 3. The maximum atomic E-state index is 12.1. The van der Waals surface area contributed by atoms with Gasteiger partial charge in [-0.3, -0.25) is 4.79 Å². The van der Waals surface area contributed by atoms with Gasteiger partial charge in [-0.2, -0.15) is 0 Å². The summed E-state index contributed by atoms with van der Waals surface area (Å²) in [5.41, 5.74) is 0.390. The van der Waals surface area contributed by atoms with Gasteiger partial charge >= 0.3 is 0 Å². The Morgan fingerprint density at radius 2 is 1.56 bits per heavy atom. The van der Waals surface area contributed by atoms with Crippen LogP contribution in [-0.2, 0) is 0 Å². The molecule has 0 bridgehead atoms. The largest absolute Gasteiger partial charge is 0.508 e. The van der Waals surface area contributed by atoms with Gasteiger partial charge < -0.3 is 15.3 Å². The average Bonchev–Trinajstić information content (AvgIpc) is 2.36. The number of aromatic hydroxyl groups is 3. The Morgan fingerprint density at radius 3 is 2.22 bits per heavy atom. The first kappa shape index (κ1) is 12.0. The molecule has 0 aromatic heterocycles. The molecule has 0 unspecified atom stereocenters. The normalized spacial score (nSPS) is 10.3. The van der Waals surface area contributed by atoms with Gasteiger partial charge in [0.15, 0.2) is 5.78 Å². The quantitative estimate of drug-likeness (QED) is 0.708. The van der Waals surface area contributed by atoms with Crippen LogP contribution in [-0.4, -0.2) is 21.1 Å². The van der Waals surface area contributed by atoms with Crippen LogP contribution in [0.3, 0.4) is 0 Å². The van der Waals surface area contributed by atoms with Gasteiger partial charge in [-0.15, -0.1) is 0 Å². The van der Waals surface area contributed by atoms with Gasteiger partial charge in [-0.1, -0.05) is 12.1 Å². The van der Waals surface area contributed by atoms with E-state index in [1.165, 1.54) is 31.2 Å². The van der Waals surface area contributed by atoms with E-state index < -0.39 is 5.78 Å². The van der Waals surface area contributed by atoms with E-state index >= 15 is 0 Å². The van der Waals surface area contributed by atoms with Gasteiger partial charge in [0, 0.05) is 5.56 Å². The first-order valence-corrected chi connectivity index (χ1v) is 5.36. The van der Waals surface area contributed by atoms with Crippen molar-refractivity contribution in [1.29, 1.82) is 0 Å². The van der Waals surface area contributed by atoms with Crippen LogP contribution in [0.2, 0.25) is 0 Å².